The lowest BCUT2D eigenvalue weighted by Gasteiger charge is -2.38. The fraction of sp³-hybridized carbons (Fsp3) is 0.222. The van der Waals surface area contributed by atoms with Gasteiger partial charge in [-0.05, 0) is 47.7 Å². The maximum absolute atomic E-state index is 9.51. The summed E-state index contributed by atoms with van der Waals surface area (Å²) in [6, 6.07) is 11.4. The molecule has 3 atom stereocenters. The first-order valence-electron chi connectivity index (χ1n) is 7.34. The fourth-order valence-corrected chi connectivity index (χ4v) is 4.20. The monoisotopic (exact) mass is 331 g/mol. The topological polar surface area (TPSA) is 32.3 Å². The van der Waals surface area contributed by atoms with E-state index >= 15 is 0 Å². The van der Waals surface area contributed by atoms with E-state index < -0.39 is 0 Å². The fourth-order valence-electron chi connectivity index (χ4n) is 3.63. The molecule has 2 aromatic carbocycles. The highest BCUT2D eigenvalue weighted by molar-refractivity contribution is 6.36. The van der Waals surface area contributed by atoms with Crippen LogP contribution in [-0.2, 0) is 0 Å². The van der Waals surface area contributed by atoms with E-state index in [1.807, 2.05) is 18.2 Å². The summed E-state index contributed by atoms with van der Waals surface area (Å²) in [6.45, 7) is 0. The molecule has 0 spiro atoms. The normalized spacial score (nSPS) is 25.5. The lowest BCUT2D eigenvalue weighted by Crippen LogP contribution is -2.29. The van der Waals surface area contributed by atoms with E-state index in [0.717, 1.165) is 17.7 Å². The highest BCUT2D eigenvalue weighted by Gasteiger charge is 2.38. The van der Waals surface area contributed by atoms with Gasteiger partial charge in [-0.1, -0.05) is 47.5 Å². The minimum atomic E-state index is 0.173. The molecule has 0 radical (unpaired) electrons. The van der Waals surface area contributed by atoms with E-state index in [-0.39, 0.29) is 11.8 Å². The Balaban J connectivity index is 1.82. The lowest BCUT2D eigenvalue weighted by atomic mass is 9.77. The van der Waals surface area contributed by atoms with Crippen molar-refractivity contribution in [2.75, 3.05) is 5.32 Å². The number of allylic oxidation sites excluding steroid dienone is 2. The van der Waals surface area contributed by atoms with Crippen molar-refractivity contribution in [1.82, 2.24) is 0 Å². The molecule has 2 N–H and O–H groups in total. The van der Waals surface area contributed by atoms with Gasteiger partial charge in [-0.15, -0.1) is 0 Å². The maximum Gasteiger partial charge on any atom is 0.115 e. The Morgan fingerprint density at radius 2 is 1.86 bits per heavy atom. The quantitative estimate of drug-likeness (QED) is 0.674. The molecule has 0 aromatic heterocycles. The molecule has 112 valence electrons. The molecule has 4 heteroatoms. The highest BCUT2D eigenvalue weighted by atomic mass is 35.5. The summed E-state index contributed by atoms with van der Waals surface area (Å²) >= 11 is 12.6. The minimum Gasteiger partial charge on any atom is -0.508 e. The van der Waals surface area contributed by atoms with Crippen molar-refractivity contribution in [1.29, 1.82) is 0 Å². The van der Waals surface area contributed by atoms with Gasteiger partial charge in [-0.25, -0.2) is 0 Å². The van der Waals surface area contributed by atoms with Crippen molar-refractivity contribution in [2.45, 2.75) is 18.4 Å². The van der Waals surface area contributed by atoms with Crippen LogP contribution in [0.1, 0.15) is 29.5 Å². The van der Waals surface area contributed by atoms with Gasteiger partial charge in [-0.2, -0.15) is 0 Å². The number of rotatable bonds is 1. The minimum absolute atomic E-state index is 0.173. The molecule has 2 aromatic rings. The van der Waals surface area contributed by atoms with Gasteiger partial charge in [0.15, 0.2) is 0 Å². The van der Waals surface area contributed by atoms with Gasteiger partial charge in [0.1, 0.15) is 5.75 Å². The van der Waals surface area contributed by atoms with E-state index in [9.17, 15) is 5.11 Å². The number of benzene rings is 2. The van der Waals surface area contributed by atoms with Gasteiger partial charge < -0.3 is 10.4 Å². The molecule has 0 amide bonds. The van der Waals surface area contributed by atoms with E-state index in [1.165, 1.54) is 5.56 Å². The summed E-state index contributed by atoms with van der Waals surface area (Å²) in [6.07, 6.45) is 5.51. The van der Waals surface area contributed by atoms with Crippen molar-refractivity contribution in [3.63, 3.8) is 0 Å². The third kappa shape index (κ3) is 2.18. The average molecular weight is 332 g/mol. The Labute approximate surface area is 139 Å². The van der Waals surface area contributed by atoms with Crippen LogP contribution in [0.25, 0.3) is 0 Å². The lowest BCUT2D eigenvalue weighted by molar-refractivity contribution is 0.424. The van der Waals surface area contributed by atoms with Crippen LogP contribution < -0.4 is 5.32 Å². The predicted molar refractivity (Wildman–Crippen MR) is 90.9 cm³/mol. The number of nitrogens with one attached hydrogen (secondary N) is 1. The zero-order valence-electron chi connectivity index (χ0n) is 11.8. The van der Waals surface area contributed by atoms with Gasteiger partial charge in [0.2, 0.25) is 0 Å². The molecule has 1 aliphatic carbocycles. The highest BCUT2D eigenvalue weighted by Crippen LogP contribution is 2.52. The van der Waals surface area contributed by atoms with Crippen molar-refractivity contribution in [2.24, 2.45) is 5.92 Å². The van der Waals surface area contributed by atoms with Crippen molar-refractivity contribution in [3.05, 3.63) is 69.7 Å². The second kappa shape index (κ2) is 5.22. The molecule has 0 fully saturated rings. The predicted octanol–water partition coefficient (Wildman–Crippen LogP) is 5.53. The molecule has 3 unspecified atom stereocenters. The molecule has 2 aliphatic rings. The third-order valence-electron chi connectivity index (χ3n) is 4.64. The average Bonchev–Trinajstić information content (AvgIpc) is 2.97. The Hall–Kier alpha value is -1.64. The summed E-state index contributed by atoms with van der Waals surface area (Å²) in [7, 11) is 0. The van der Waals surface area contributed by atoms with Gasteiger partial charge in [0.25, 0.3) is 0 Å². The SMILES string of the molecule is Oc1ccc(C2Nc3c(Cl)cc(Cl)cc3C3C=CCC32)cc1. The largest absolute Gasteiger partial charge is 0.508 e. The smallest absolute Gasteiger partial charge is 0.115 e. The zero-order chi connectivity index (χ0) is 15.3. The molecule has 1 heterocycles. The van der Waals surface area contributed by atoms with Crippen LogP contribution in [0.15, 0.2) is 48.6 Å². The molecule has 2 nitrogen and oxygen atoms in total. The number of phenols is 1. The van der Waals surface area contributed by atoms with E-state index in [0.29, 0.717) is 21.9 Å². The Bertz CT molecular complexity index is 754. The van der Waals surface area contributed by atoms with Gasteiger partial charge in [-0.3, -0.25) is 0 Å². The molecular weight excluding hydrogens is 317 g/mol. The molecule has 0 saturated carbocycles. The summed E-state index contributed by atoms with van der Waals surface area (Å²) in [5.41, 5.74) is 3.30. The summed E-state index contributed by atoms with van der Waals surface area (Å²) in [5, 5.41) is 14.4. The first-order valence-corrected chi connectivity index (χ1v) is 8.10. The standard InChI is InChI=1S/C18H15Cl2NO/c19-11-8-15-13-2-1-3-14(13)17(21-18(15)16(20)9-11)10-4-6-12(22)7-5-10/h1-2,4-9,13-14,17,21-22H,3H2. The van der Waals surface area contributed by atoms with Crippen molar-refractivity contribution >= 4 is 28.9 Å². The Kier molecular flexibility index (Phi) is 3.32. The summed E-state index contributed by atoms with van der Waals surface area (Å²) in [4.78, 5) is 0. The van der Waals surface area contributed by atoms with Gasteiger partial charge >= 0.3 is 0 Å². The van der Waals surface area contributed by atoms with Crippen LogP contribution >= 0.6 is 23.2 Å². The molecule has 4 rings (SSSR count). The van der Waals surface area contributed by atoms with Crippen LogP contribution in [0.4, 0.5) is 5.69 Å². The van der Waals surface area contributed by atoms with Crippen LogP contribution in [0, 0.1) is 5.92 Å². The number of hydrogen-bond acceptors (Lipinski definition) is 2. The first kappa shape index (κ1) is 14.0. The Morgan fingerprint density at radius 1 is 1.09 bits per heavy atom. The van der Waals surface area contributed by atoms with E-state index in [2.05, 4.69) is 17.5 Å². The zero-order valence-corrected chi connectivity index (χ0v) is 13.3. The van der Waals surface area contributed by atoms with Crippen LogP contribution in [0.2, 0.25) is 10.0 Å². The maximum atomic E-state index is 9.51. The van der Waals surface area contributed by atoms with Crippen LogP contribution in [-0.4, -0.2) is 5.11 Å². The molecule has 0 saturated heterocycles. The van der Waals surface area contributed by atoms with Gasteiger partial charge in [0.05, 0.1) is 16.8 Å². The number of anilines is 1. The van der Waals surface area contributed by atoms with Crippen molar-refractivity contribution in [3.8, 4) is 5.75 Å². The first-order chi connectivity index (χ1) is 10.6. The molecule has 1 aliphatic heterocycles. The van der Waals surface area contributed by atoms with E-state index in [4.69, 9.17) is 23.2 Å². The van der Waals surface area contributed by atoms with Crippen LogP contribution in [0.5, 0.6) is 5.75 Å². The summed E-state index contributed by atoms with van der Waals surface area (Å²) < 4.78 is 0. The number of hydrogen-bond donors (Lipinski definition) is 2. The Morgan fingerprint density at radius 3 is 2.64 bits per heavy atom. The van der Waals surface area contributed by atoms with Gasteiger partial charge in [0, 0.05) is 10.9 Å². The number of halogens is 2. The number of phenolic OH excluding ortho intramolecular Hbond substituents is 1. The summed E-state index contributed by atoms with van der Waals surface area (Å²) in [5.74, 6) is 1.05. The third-order valence-corrected chi connectivity index (χ3v) is 5.15. The number of fused-ring (bicyclic) bond motifs is 3. The van der Waals surface area contributed by atoms with Crippen LogP contribution in [0.3, 0.4) is 0 Å². The molecular formula is C18H15Cl2NO. The van der Waals surface area contributed by atoms with Crippen molar-refractivity contribution < 1.29 is 5.11 Å². The molecule has 0 bridgehead atoms. The second-order valence-corrected chi connectivity index (χ2v) is 6.76. The van der Waals surface area contributed by atoms with E-state index in [1.54, 1.807) is 18.2 Å². The number of aromatic hydroxyl groups is 1. The molecule has 22 heavy (non-hydrogen) atoms. The second-order valence-electron chi connectivity index (χ2n) is 5.92.